The van der Waals surface area contributed by atoms with Crippen LogP contribution in [0.5, 0.6) is 17.2 Å². The van der Waals surface area contributed by atoms with Crippen molar-refractivity contribution in [1.82, 2.24) is 20.0 Å². The van der Waals surface area contributed by atoms with Crippen LogP contribution in [0.2, 0.25) is 20.1 Å². The number of piperazine rings is 1. The average Bonchev–Trinajstić information content (AvgIpc) is 0.737. The largest absolute Gasteiger partial charge is 1.00 e. The predicted molar refractivity (Wildman–Crippen MR) is 390 cm³/mol. The third-order valence-electron chi connectivity index (χ3n) is 20.1. The Morgan fingerprint density at radius 2 is 1.35 bits per heavy atom. The number of ether oxygens (including phenoxy) is 2. The molecule has 1 atom stereocenters. The summed E-state index contributed by atoms with van der Waals surface area (Å²) < 4.78 is 25.9. The number of aliphatic hydroxyl groups is 1. The highest BCUT2D eigenvalue weighted by molar-refractivity contribution is 6.31. The highest BCUT2D eigenvalue weighted by Crippen LogP contribution is 2.47. The number of anilines is 1. The Balaban J connectivity index is 0.000000173. The summed E-state index contributed by atoms with van der Waals surface area (Å²) in [6.45, 7) is 14.0. The molecule has 14 nitrogen and oxygen atoms in total. The van der Waals surface area contributed by atoms with Gasteiger partial charge in [-0.25, -0.2) is 9.18 Å². The van der Waals surface area contributed by atoms with Gasteiger partial charge in [0.25, 0.3) is 5.91 Å². The Hall–Kier alpha value is -6.76. The zero-order valence-corrected chi connectivity index (χ0v) is 61.6. The van der Waals surface area contributed by atoms with Crippen molar-refractivity contribution in [2.24, 2.45) is 5.73 Å². The van der Waals surface area contributed by atoms with Gasteiger partial charge in [-0.05, 0) is 178 Å². The molecule has 4 heterocycles. The molecule has 7 aromatic carbocycles. The number of quaternary nitrogens is 1. The van der Waals surface area contributed by atoms with Gasteiger partial charge < -0.3 is 69.2 Å². The van der Waals surface area contributed by atoms with Crippen molar-refractivity contribution in [3.8, 4) is 23.3 Å². The number of likely N-dealkylation sites (tertiary alicyclic amines) is 2. The van der Waals surface area contributed by atoms with Crippen LogP contribution in [0, 0.1) is 17.1 Å². The van der Waals surface area contributed by atoms with Crippen molar-refractivity contribution in [2.45, 2.75) is 126 Å². The van der Waals surface area contributed by atoms with Gasteiger partial charge in [0.05, 0.1) is 42.9 Å². The summed E-state index contributed by atoms with van der Waals surface area (Å²) in [7, 11) is 0. The van der Waals surface area contributed by atoms with E-state index in [1.165, 1.54) is 63.3 Å². The molecule has 0 unspecified atom stereocenters. The third kappa shape index (κ3) is 20.5. The molecule has 5 N–H and O–H groups in total. The number of nitrogens with two attached hydrogens (primary N) is 1. The fraction of sp³-hybridized carbons (Fsp3) is 0.392. The Kier molecular flexibility index (Phi) is 28.0. The molecule has 12 rings (SSSR count). The van der Waals surface area contributed by atoms with Gasteiger partial charge in [0.15, 0.2) is 6.61 Å². The van der Waals surface area contributed by atoms with Crippen LogP contribution in [0.15, 0.2) is 175 Å². The minimum absolute atomic E-state index is 0. The Morgan fingerprint density at radius 1 is 0.758 bits per heavy atom. The molecule has 0 aromatic heterocycles. The van der Waals surface area contributed by atoms with Crippen molar-refractivity contribution < 1.29 is 61.8 Å². The monoisotopic (exact) mass is 1530 g/mol. The number of amides is 4. The Bertz CT molecular complexity index is 3800. The number of halogens is 6. The molecular weight excluding hydrogens is 1440 g/mol. The number of nitriles is 1. The lowest BCUT2D eigenvalue weighted by molar-refractivity contribution is -0.927. The van der Waals surface area contributed by atoms with Crippen molar-refractivity contribution >= 4 is 69.9 Å². The van der Waals surface area contributed by atoms with E-state index in [0.717, 1.165) is 103 Å². The summed E-state index contributed by atoms with van der Waals surface area (Å²) in [5, 5.41) is 29.6. The molecule has 3 fully saturated rings. The SMILES string of the molecule is CC[N+]1(C/C2=C/CCCCCC2)CCC(NC(=O)C2c3cc(Cl)ccc3Oc3ccc(Cl)cc32)CC1.C[C@H]1CN(Cc2ccc(F)cc2)CCN1C(=O)COc1ccc(Cl)cc1NC(N)=O.N#CC(CCCN1CCC(O)(c2ccc(Cl)cc2)CC1)(c1ccccc1)c1ccccc1.[I-]. The molecule has 7 aromatic rings. The molecule has 0 bridgehead atoms. The number of carbonyl (C=O) groups is 3. The van der Waals surface area contributed by atoms with E-state index in [1.54, 1.807) is 46.9 Å². The number of fused-ring (bicyclic) bond motifs is 2. The first-order valence-electron chi connectivity index (χ1n) is 34.4. The Morgan fingerprint density at radius 3 is 1.95 bits per heavy atom. The van der Waals surface area contributed by atoms with Crippen LogP contribution >= 0.6 is 46.4 Å². The van der Waals surface area contributed by atoms with Crippen LogP contribution in [0.1, 0.15) is 130 Å². The number of carbonyl (C=O) groups excluding carboxylic acids is 3. The average molecular weight is 1540 g/mol. The maximum absolute atomic E-state index is 13.8. The summed E-state index contributed by atoms with van der Waals surface area (Å²) in [5.41, 5.74) is 11.3. The summed E-state index contributed by atoms with van der Waals surface area (Å²) >= 11 is 24.6. The molecule has 99 heavy (non-hydrogen) atoms. The highest BCUT2D eigenvalue weighted by atomic mass is 127. The third-order valence-corrected chi connectivity index (χ3v) is 21.1. The second kappa shape index (κ2) is 36.2. The van der Waals surface area contributed by atoms with Crippen LogP contribution in [0.3, 0.4) is 0 Å². The molecular formula is C79H90Cl4FIN8O6. The van der Waals surface area contributed by atoms with Crippen molar-refractivity contribution in [3.05, 3.63) is 235 Å². The zero-order valence-electron chi connectivity index (χ0n) is 56.4. The van der Waals surface area contributed by atoms with Crippen LogP contribution in [0.4, 0.5) is 14.9 Å². The molecule has 20 heteroatoms. The first kappa shape index (κ1) is 76.4. The number of likely N-dealkylation sites (N-methyl/N-ethyl adjacent to an activating group) is 1. The van der Waals surface area contributed by atoms with E-state index in [9.17, 15) is 29.1 Å². The quantitative estimate of drug-likeness (QED) is 0.0370. The first-order valence-corrected chi connectivity index (χ1v) is 35.9. The van der Waals surface area contributed by atoms with Gasteiger partial charge in [-0.15, -0.1) is 0 Å². The summed E-state index contributed by atoms with van der Waals surface area (Å²) in [4.78, 5) is 44.0. The minimum Gasteiger partial charge on any atom is -1.00 e. The standard InChI is InChI=1S/C30H36Cl2N2O2.C28H29ClN2O.C21H24ClFN4O3.HI/c1-2-34(20-21-8-6-4-3-5-7-9-21)16-14-24(15-17-34)33-30(35)29-25-18-22(31)10-12-27(25)36-28-13-11-23(32)19-26(28)29;29-26-14-12-25(13-15-26)28(32)17-20-31(21-18-28)19-7-16-27(22-30,23-8-3-1-4-9-23)24-10-5-2-6-11-24;1-14-11-26(12-15-2-5-17(23)6-3-15)8-9-27(14)20(28)13-30-19-7-4-16(22)10-18(19)25-21(24)29;/h8,10-13,18-19,24,29H,2-7,9,14-17,20H2,1H3;1-6,8-15,32H,7,16-21H2;2-7,10,14H,8-9,11-13H2,1H3,(H3,24,25,29);1H/b21-8+;;;/t;;14-;/m..0./s1. The van der Waals surface area contributed by atoms with Crippen LogP contribution in [-0.2, 0) is 27.1 Å². The zero-order chi connectivity index (χ0) is 69.2. The van der Waals surface area contributed by atoms with E-state index in [-0.39, 0.29) is 60.3 Å². The Labute approximate surface area is 620 Å². The summed E-state index contributed by atoms with van der Waals surface area (Å²) in [6.07, 6.45) is 15.5. The molecule has 4 amide bonds. The number of hydrogen-bond donors (Lipinski definition) is 4. The first-order chi connectivity index (χ1) is 47.3. The van der Waals surface area contributed by atoms with E-state index < -0.39 is 23.0 Å². The van der Waals surface area contributed by atoms with Crippen LogP contribution < -0.4 is 49.8 Å². The van der Waals surface area contributed by atoms with Gasteiger partial charge in [-0.2, -0.15) is 5.26 Å². The number of nitrogens with one attached hydrogen (secondary N) is 2. The van der Waals surface area contributed by atoms with Gasteiger partial charge in [-0.3, -0.25) is 14.5 Å². The molecule has 5 aliphatic rings. The molecule has 0 radical (unpaired) electrons. The van der Waals surface area contributed by atoms with E-state index >= 15 is 0 Å². The summed E-state index contributed by atoms with van der Waals surface area (Å²) in [5.74, 6) is 0.762. The van der Waals surface area contributed by atoms with Gasteiger partial charge in [0.2, 0.25) is 5.91 Å². The number of allylic oxidation sites excluding steroid dienone is 1. The highest BCUT2D eigenvalue weighted by Gasteiger charge is 2.40. The van der Waals surface area contributed by atoms with E-state index in [4.69, 9.17) is 61.6 Å². The lowest BCUT2D eigenvalue weighted by Gasteiger charge is -2.44. The number of nitrogens with zero attached hydrogens (tertiary/aromatic N) is 5. The van der Waals surface area contributed by atoms with E-state index in [1.807, 2.05) is 91.9 Å². The molecule has 4 aliphatic heterocycles. The number of rotatable bonds is 18. The molecule has 524 valence electrons. The van der Waals surface area contributed by atoms with Crippen molar-refractivity contribution in [3.63, 3.8) is 0 Å². The number of benzene rings is 7. The smallest absolute Gasteiger partial charge is 0.316 e. The lowest BCUT2D eigenvalue weighted by atomic mass is 9.72. The second-order valence-corrected chi connectivity index (χ2v) is 28.5. The normalized spacial score (nSPS) is 19.8. The second-order valence-electron chi connectivity index (χ2n) is 26.7. The molecule has 3 saturated heterocycles. The van der Waals surface area contributed by atoms with Crippen LogP contribution in [0.25, 0.3) is 0 Å². The number of hydrogen-bond acceptors (Lipinski definition) is 9. The van der Waals surface area contributed by atoms with Crippen LogP contribution in [-0.4, -0.2) is 126 Å². The number of urea groups is 1. The maximum Gasteiger partial charge on any atom is 0.316 e. The van der Waals surface area contributed by atoms with Gasteiger partial charge in [0.1, 0.15) is 35.0 Å². The maximum atomic E-state index is 13.8. The van der Waals surface area contributed by atoms with E-state index in [0.29, 0.717) is 82.0 Å². The fourth-order valence-electron chi connectivity index (χ4n) is 14.5. The minimum atomic E-state index is -0.786. The number of primary amides is 1. The number of piperidine rings is 2. The van der Waals surface area contributed by atoms with Gasteiger partial charge >= 0.3 is 6.03 Å². The summed E-state index contributed by atoms with van der Waals surface area (Å²) in [6, 6.07) is 52.0. The van der Waals surface area contributed by atoms with Crippen molar-refractivity contribution in [1.29, 1.82) is 5.26 Å². The predicted octanol–water partition coefficient (Wildman–Crippen LogP) is 13.6. The molecule has 0 saturated carbocycles. The van der Waals surface area contributed by atoms with Crippen molar-refractivity contribution in [2.75, 3.05) is 77.4 Å². The van der Waals surface area contributed by atoms with Gasteiger partial charge in [0, 0.05) is 95.4 Å². The molecule has 0 spiro atoms. The molecule has 1 aliphatic carbocycles. The lowest BCUT2D eigenvalue weighted by Crippen LogP contribution is -3.00. The van der Waals surface area contributed by atoms with Gasteiger partial charge in [-0.1, -0.05) is 150 Å². The topological polar surface area (TPSA) is 173 Å². The fourth-order valence-corrected chi connectivity index (χ4v) is 15.2. The van der Waals surface area contributed by atoms with E-state index in [2.05, 4.69) is 63.8 Å².